The van der Waals surface area contributed by atoms with Crippen molar-refractivity contribution in [3.05, 3.63) is 48.0 Å². The first-order valence-corrected chi connectivity index (χ1v) is 9.51. The monoisotopic (exact) mass is 366 g/mol. The van der Waals surface area contributed by atoms with Gasteiger partial charge in [0.25, 0.3) is 5.91 Å². The molecule has 6 heteroatoms. The quantitative estimate of drug-likeness (QED) is 0.832. The average molecular weight is 366 g/mol. The molecule has 2 heterocycles. The van der Waals surface area contributed by atoms with Gasteiger partial charge in [0.2, 0.25) is 0 Å². The van der Waals surface area contributed by atoms with E-state index in [1.165, 1.54) is 0 Å². The van der Waals surface area contributed by atoms with Crippen molar-refractivity contribution in [3.63, 3.8) is 0 Å². The summed E-state index contributed by atoms with van der Waals surface area (Å²) in [7, 11) is 1.67. The van der Waals surface area contributed by atoms with E-state index in [1.54, 1.807) is 19.5 Å². The van der Waals surface area contributed by atoms with Crippen LogP contribution in [0.2, 0.25) is 0 Å². The van der Waals surface area contributed by atoms with Crippen molar-refractivity contribution >= 4 is 11.6 Å². The number of rotatable bonds is 4. The van der Waals surface area contributed by atoms with Gasteiger partial charge in [0.15, 0.2) is 0 Å². The Morgan fingerprint density at radius 2 is 1.78 bits per heavy atom. The first kappa shape index (κ1) is 17.8. The fourth-order valence-electron chi connectivity index (χ4n) is 3.75. The van der Waals surface area contributed by atoms with Crippen molar-refractivity contribution in [2.45, 2.75) is 38.1 Å². The Hall–Kier alpha value is -2.63. The van der Waals surface area contributed by atoms with Crippen LogP contribution in [-0.2, 0) is 0 Å². The zero-order valence-corrected chi connectivity index (χ0v) is 16.2. The van der Waals surface area contributed by atoms with Crippen molar-refractivity contribution in [2.24, 2.45) is 0 Å². The molecule has 1 aliphatic heterocycles. The second-order valence-electron chi connectivity index (χ2n) is 7.99. The number of carbonyl (C=O) groups is 1. The van der Waals surface area contributed by atoms with Gasteiger partial charge in [-0.15, -0.1) is 0 Å². The number of anilines is 1. The van der Waals surface area contributed by atoms with Gasteiger partial charge in [-0.2, -0.15) is 0 Å². The van der Waals surface area contributed by atoms with Gasteiger partial charge in [0.05, 0.1) is 18.2 Å². The Balaban J connectivity index is 1.46. The molecule has 1 amide bonds. The van der Waals surface area contributed by atoms with Gasteiger partial charge >= 0.3 is 0 Å². The van der Waals surface area contributed by atoms with Crippen molar-refractivity contribution < 1.29 is 9.53 Å². The topological polar surface area (TPSA) is 58.6 Å². The summed E-state index contributed by atoms with van der Waals surface area (Å²) >= 11 is 0. The van der Waals surface area contributed by atoms with E-state index in [4.69, 9.17) is 4.74 Å². The van der Waals surface area contributed by atoms with E-state index in [0.29, 0.717) is 24.6 Å². The van der Waals surface area contributed by atoms with Crippen LogP contribution in [0.15, 0.2) is 36.7 Å². The molecule has 2 aliphatic rings. The number of nitrogens with zero attached hydrogens (tertiary/aromatic N) is 4. The summed E-state index contributed by atoms with van der Waals surface area (Å²) in [4.78, 5) is 26.0. The van der Waals surface area contributed by atoms with Gasteiger partial charge in [-0.1, -0.05) is 0 Å². The van der Waals surface area contributed by atoms with Crippen LogP contribution in [0, 0.1) is 0 Å². The van der Waals surface area contributed by atoms with E-state index < -0.39 is 0 Å². The predicted octanol–water partition coefficient (Wildman–Crippen LogP) is 3.10. The number of ether oxygens (including phenoxy) is 1. The van der Waals surface area contributed by atoms with Crippen LogP contribution in [0.25, 0.3) is 0 Å². The molecule has 1 saturated carbocycles. The Bertz CT molecular complexity index is 813. The molecule has 4 rings (SSSR count). The standard InChI is InChI=1S/C21H26N4O2/c1-21(2)14-24(10-11-25(21)17-6-8-18(27-3)9-7-17)20(26)16-12-22-19(23-13-16)15-4-5-15/h6-9,12-13,15H,4-5,10-11,14H2,1-3H3. The van der Waals surface area contributed by atoms with E-state index in [0.717, 1.165) is 36.6 Å². The van der Waals surface area contributed by atoms with Gasteiger partial charge in [-0.05, 0) is 51.0 Å². The largest absolute Gasteiger partial charge is 0.497 e. The highest BCUT2D eigenvalue weighted by Crippen LogP contribution is 2.37. The van der Waals surface area contributed by atoms with E-state index in [-0.39, 0.29) is 11.4 Å². The molecule has 0 radical (unpaired) electrons. The number of benzene rings is 1. The Morgan fingerprint density at radius 1 is 1.11 bits per heavy atom. The minimum absolute atomic E-state index is 0.0137. The van der Waals surface area contributed by atoms with Gasteiger partial charge in [-0.3, -0.25) is 4.79 Å². The van der Waals surface area contributed by atoms with Crippen molar-refractivity contribution in [3.8, 4) is 5.75 Å². The maximum Gasteiger partial charge on any atom is 0.257 e. The fraction of sp³-hybridized carbons (Fsp3) is 0.476. The summed E-state index contributed by atoms with van der Waals surface area (Å²) in [5.41, 5.74) is 1.55. The van der Waals surface area contributed by atoms with Gasteiger partial charge < -0.3 is 14.5 Å². The minimum Gasteiger partial charge on any atom is -0.497 e. The number of carbonyl (C=O) groups excluding carboxylic acids is 1. The smallest absolute Gasteiger partial charge is 0.257 e. The lowest BCUT2D eigenvalue weighted by Gasteiger charge is -2.48. The summed E-state index contributed by atoms with van der Waals surface area (Å²) in [5, 5.41) is 0. The molecule has 1 aliphatic carbocycles. The van der Waals surface area contributed by atoms with Crippen LogP contribution in [0.1, 0.15) is 48.8 Å². The van der Waals surface area contributed by atoms with Crippen LogP contribution in [0.4, 0.5) is 5.69 Å². The first-order chi connectivity index (χ1) is 13.0. The molecule has 0 unspecified atom stereocenters. The maximum absolute atomic E-state index is 12.9. The number of amides is 1. The van der Waals surface area contributed by atoms with Crippen LogP contribution in [0.5, 0.6) is 5.75 Å². The normalized spacial score (nSPS) is 19.1. The highest BCUT2D eigenvalue weighted by molar-refractivity contribution is 5.93. The first-order valence-electron chi connectivity index (χ1n) is 9.51. The third kappa shape index (κ3) is 3.61. The van der Waals surface area contributed by atoms with Crippen molar-refractivity contribution in [1.29, 1.82) is 0 Å². The number of hydrogen-bond donors (Lipinski definition) is 0. The number of aromatic nitrogens is 2. The summed E-state index contributed by atoms with van der Waals surface area (Å²) in [6.07, 6.45) is 5.70. The minimum atomic E-state index is -0.169. The third-order valence-corrected chi connectivity index (χ3v) is 5.43. The van der Waals surface area contributed by atoms with E-state index in [2.05, 4.69) is 40.8 Å². The lowest BCUT2D eigenvalue weighted by molar-refractivity contribution is 0.0685. The molecule has 27 heavy (non-hydrogen) atoms. The Labute approximate surface area is 160 Å². The molecular weight excluding hydrogens is 340 g/mol. The molecule has 6 nitrogen and oxygen atoms in total. The molecule has 1 aromatic carbocycles. The van der Waals surface area contributed by atoms with Gasteiger partial charge in [0.1, 0.15) is 11.6 Å². The molecule has 1 aromatic heterocycles. The molecule has 0 bridgehead atoms. The highest BCUT2D eigenvalue weighted by atomic mass is 16.5. The maximum atomic E-state index is 12.9. The summed E-state index contributed by atoms with van der Waals surface area (Å²) in [6.45, 7) is 6.46. The lowest BCUT2D eigenvalue weighted by atomic mass is 9.97. The molecule has 0 atom stereocenters. The molecule has 0 N–H and O–H groups in total. The summed E-state index contributed by atoms with van der Waals surface area (Å²) in [6, 6.07) is 8.09. The zero-order valence-electron chi connectivity index (χ0n) is 16.2. The van der Waals surface area contributed by atoms with Crippen molar-refractivity contribution in [2.75, 3.05) is 31.6 Å². The van der Waals surface area contributed by atoms with Crippen LogP contribution in [0.3, 0.4) is 0 Å². The molecule has 2 fully saturated rings. The second kappa shape index (κ2) is 6.83. The van der Waals surface area contributed by atoms with Crippen LogP contribution < -0.4 is 9.64 Å². The number of piperazine rings is 1. The number of methoxy groups -OCH3 is 1. The SMILES string of the molecule is COc1ccc(N2CCN(C(=O)c3cnc(C4CC4)nc3)CC2(C)C)cc1. The molecule has 142 valence electrons. The molecule has 2 aromatic rings. The predicted molar refractivity (Wildman–Crippen MR) is 104 cm³/mol. The molecular formula is C21H26N4O2. The van der Waals surface area contributed by atoms with Crippen LogP contribution >= 0.6 is 0 Å². The third-order valence-electron chi connectivity index (χ3n) is 5.43. The lowest BCUT2D eigenvalue weighted by Crippen LogP contribution is -2.60. The van der Waals surface area contributed by atoms with Crippen molar-refractivity contribution in [1.82, 2.24) is 14.9 Å². The molecule has 0 spiro atoms. The van der Waals surface area contributed by atoms with E-state index in [1.807, 2.05) is 17.0 Å². The highest BCUT2D eigenvalue weighted by Gasteiger charge is 2.36. The molecule has 1 saturated heterocycles. The number of hydrogen-bond acceptors (Lipinski definition) is 5. The van der Waals surface area contributed by atoms with Gasteiger partial charge in [-0.25, -0.2) is 9.97 Å². The zero-order chi connectivity index (χ0) is 19.0. The van der Waals surface area contributed by atoms with Gasteiger partial charge in [0, 0.05) is 43.6 Å². The second-order valence-corrected chi connectivity index (χ2v) is 7.99. The average Bonchev–Trinajstić information content (AvgIpc) is 3.52. The fourth-order valence-corrected chi connectivity index (χ4v) is 3.75. The van der Waals surface area contributed by atoms with E-state index in [9.17, 15) is 4.79 Å². The van der Waals surface area contributed by atoms with Crippen LogP contribution in [-0.4, -0.2) is 53.1 Å². The Morgan fingerprint density at radius 3 is 2.33 bits per heavy atom. The summed E-state index contributed by atoms with van der Waals surface area (Å²) < 4.78 is 5.25. The van der Waals surface area contributed by atoms with E-state index >= 15 is 0 Å². The summed E-state index contributed by atoms with van der Waals surface area (Å²) in [5.74, 6) is 2.23. The Kier molecular flexibility index (Phi) is 4.50.